The van der Waals surface area contributed by atoms with E-state index in [9.17, 15) is 13.2 Å². The third-order valence-corrected chi connectivity index (χ3v) is 7.69. The zero-order chi connectivity index (χ0) is 22.6. The molecule has 1 amide bonds. The molecule has 0 atom stereocenters. The lowest BCUT2D eigenvalue weighted by atomic mass is 10.2. The fraction of sp³-hybridized carbons (Fsp3) is 0.286. The van der Waals surface area contributed by atoms with Crippen molar-refractivity contribution in [3.8, 4) is 16.3 Å². The topological polar surface area (TPSA) is 111 Å². The molecule has 3 aromatic rings. The molecule has 2 aromatic heterocycles. The van der Waals surface area contributed by atoms with Crippen LogP contribution in [-0.2, 0) is 26.0 Å². The maximum Gasteiger partial charge on any atom is 0.243 e. The van der Waals surface area contributed by atoms with Gasteiger partial charge in [-0.2, -0.15) is 4.31 Å². The second kappa shape index (κ2) is 9.74. The van der Waals surface area contributed by atoms with Gasteiger partial charge in [0.15, 0.2) is 0 Å². The number of amides is 1. The lowest BCUT2D eigenvalue weighted by Crippen LogP contribution is -2.40. The van der Waals surface area contributed by atoms with Gasteiger partial charge in [0.1, 0.15) is 10.8 Å². The van der Waals surface area contributed by atoms with Crippen LogP contribution in [0.4, 0.5) is 5.69 Å². The zero-order valence-electron chi connectivity index (χ0n) is 17.4. The van der Waals surface area contributed by atoms with Gasteiger partial charge in [0.25, 0.3) is 0 Å². The van der Waals surface area contributed by atoms with Crippen LogP contribution < -0.4 is 10.1 Å². The Labute approximate surface area is 190 Å². The third kappa shape index (κ3) is 4.96. The fourth-order valence-electron chi connectivity index (χ4n) is 3.25. The van der Waals surface area contributed by atoms with E-state index in [1.807, 2.05) is 17.5 Å². The van der Waals surface area contributed by atoms with Crippen LogP contribution in [0.1, 0.15) is 5.69 Å². The van der Waals surface area contributed by atoms with Gasteiger partial charge >= 0.3 is 0 Å². The molecular formula is C21H22N4O5S2. The van der Waals surface area contributed by atoms with E-state index in [1.54, 1.807) is 12.4 Å². The molecule has 32 heavy (non-hydrogen) atoms. The summed E-state index contributed by atoms with van der Waals surface area (Å²) in [6.07, 6.45) is 3.44. The average molecular weight is 475 g/mol. The number of carbonyl (C=O) groups excluding carboxylic acids is 1. The fourth-order valence-corrected chi connectivity index (χ4v) is 5.50. The van der Waals surface area contributed by atoms with Crippen molar-refractivity contribution in [2.24, 2.45) is 0 Å². The van der Waals surface area contributed by atoms with E-state index < -0.39 is 10.0 Å². The maximum atomic E-state index is 13.0. The standard InChI is InChI=1S/C21H22N4O5S2/c1-29-19-5-4-17(32(27,28)25-7-9-30-10-8-25)12-18(19)24-20(26)11-16-14-31-21(23-16)15-3-2-6-22-13-15/h2-6,12-14H,7-11H2,1H3,(H,24,26). The third-order valence-electron chi connectivity index (χ3n) is 4.85. The molecule has 1 fully saturated rings. The van der Waals surface area contributed by atoms with Gasteiger partial charge in [-0.3, -0.25) is 9.78 Å². The number of morpholine rings is 1. The summed E-state index contributed by atoms with van der Waals surface area (Å²) in [7, 11) is -2.24. The average Bonchev–Trinajstić information content (AvgIpc) is 3.28. The second-order valence-corrected chi connectivity index (χ2v) is 9.79. The number of anilines is 1. The molecule has 1 aromatic carbocycles. The molecule has 3 heterocycles. The first-order valence-corrected chi connectivity index (χ1v) is 12.2. The summed E-state index contributed by atoms with van der Waals surface area (Å²) in [4.78, 5) is 21.3. The first-order chi connectivity index (χ1) is 15.5. The minimum atomic E-state index is -3.70. The first kappa shape index (κ1) is 22.3. The van der Waals surface area contributed by atoms with Gasteiger partial charge in [0.05, 0.1) is 43.0 Å². The largest absolute Gasteiger partial charge is 0.495 e. The van der Waals surface area contributed by atoms with Gasteiger partial charge in [-0.05, 0) is 30.3 Å². The number of carbonyl (C=O) groups is 1. The zero-order valence-corrected chi connectivity index (χ0v) is 19.0. The van der Waals surface area contributed by atoms with Crippen LogP contribution in [0.5, 0.6) is 5.75 Å². The molecule has 0 bridgehead atoms. The van der Waals surface area contributed by atoms with E-state index >= 15 is 0 Å². The highest BCUT2D eigenvalue weighted by Gasteiger charge is 2.27. The highest BCUT2D eigenvalue weighted by atomic mass is 32.2. The highest BCUT2D eigenvalue weighted by Crippen LogP contribution is 2.30. The Morgan fingerprint density at radius 2 is 2.09 bits per heavy atom. The molecule has 1 aliphatic rings. The van der Waals surface area contributed by atoms with Crippen molar-refractivity contribution in [3.05, 3.63) is 53.8 Å². The van der Waals surface area contributed by atoms with Gasteiger partial charge in [0.2, 0.25) is 15.9 Å². The maximum absolute atomic E-state index is 13.0. The normalized spacial score (nSPS) is 14.8. The number of sulfonamides is 1. The van der Waals surface area contributed by atoms with Gasteiger partial charge in [-0.15, -0.1) is 11.3 Å². The first-order valence-electron chi connectivity index (χ1n) is 9.88. The number of benzene rings is 1. The number of methoxy groups -OCH3 is 1. The summed E-state index contributed by atoms with van der Waals surface area (Å²) in [5, 5.41) is 5.35. The van der Waals surface area contributed by atoms with E-state index in [1.165, 1.54) is 41.0 Å². The van der Waals surface area contributed by atoms with E-state index in [0.29, 0.717) is 37.7 Å². The number of pyridine rings is 1. The van der Waals surface area contributed by atoms with Gasteiger partial charge < -0.3 is 14.8 Å². The quantitative estimate of drug-likeness (QED) is 0.560. The summed E-state index contributed by atoms with van der Waals surface area (Å²) in [5.41, 5.74) is 1.78. The molecule has 0 saturated carbocycles. The minimum Gasteiger partial charge on any atom is -0.495 e. The highest BCUT2D eigenvalue weighted by molar-refractivity contribution is 7.89. The van der Waals surface area contributed by atoms with Crippen LogP contribution in [0, 0.1) is 0 Å². The number of ether oxygens (including phenoxy) is 2. The van der Waals surface area contributed by atoms with Crippen molar-refractivity contribution in [1.82, 2.24) is 14.3 Å². The van der Waals surface area contributed by atoms with Crippen LogP contribution in [-0.4, -0.2) is 62.0 Å². The predicted molar refractivity (Wildman–Crippen MR) is 120 cm³/mol. The van der Waals surface area contributed by atoms with Crippen LogP contribution in [0.3, 0.4) is 0 Å². The summed E-state index contributed by atoms with van der Waals surface area (Å²) >= 11 is 1.43. The summed E-state index contributed by atoms with van der Waals surface area (Å²) < 4.78 is 37.8. The van der Waals surface area contributed by atoms with Crippen LogP contribution in [0.25, 0.3) is 10.6 Å². The molecule has 4 rings (SSSR count). The van der Waals surface area contributed by atoms with E-state index in [4.69, 9.17) is 9.47 Å². The Morgan fingerprint density at radius 3 is 2.81 bits per heavy atom. The molecule has 0 aliphatic carbocycles. The number of thiazole rings is 1. The van der Waals surface area contributed by atoms with Crippen molar-refractivity contribution < 1.29 is 22.7 Å². The lowest BCUT2D eigenvalue weighted by Gasteiger charge is -2.26. The second-order valence-electron chi connectivity index (χ2n) is 6.99. The van der Waals surface area contributed by atoms with Crippen LogP contribution in [0.15, 0.2) is 53.0 Å². The summed E-state index contributed by atoms with van der Waals surface area (Å²) in [5.74, 6) is 0.0425. The molecule has 1 aliphatic heterocycles. The van der Waals surface area contributed by atoms with E-state index in [0.717, 1.165) is 10.6 Å². The van der Waals surface area contributed by atoms with Crippen molar-refractivity contribution in [2.75, 3.05) is 38.7 Å². The molecular weight excluding hydrogens is 452 g/mol. The molecule has 168 valence electrons. The molecule has 0 radical (unpaired) electrons. The van der Waals surface area contributed by atoms with Crippen LogP contribution in [0.2, 0.25) is 0 Å². The Hall–Kier alpha value is -2.86. The SMILES string of the molecule is COc1ccc(S(=O)(=O)N2CCOCC2)cc1NC(=O)Cc1csc(-c2cccnc2)n1. The number of hydrogen-bond donors (Lipinski definition) is 1. The van der Waals surface area contributed by atoms with Crippen molar-refractivity contribution in [3.63, 3.8) is 0 Å². The Balaban J connectivity index is 1.50. The molecule has 11 heteroatoms. The number of nitrogens with one attached hydrogen (secondary N) is 1. The molecule has 0 spiro atoms. The number of hydrogen-bond acceptors (Lipinski definition) is 8. The smallest absolute Gasteiger partial charge is 0.243 e. The van der Waals surface area contributed by atoms with E-state index in [2.05, 4.69) is 15.3 Å². The van der Waals surface area contributed by atoms with Crippen molar-refractivity contribution >= 4 is 33.0 Å². The molecule has 0 unspecified atom stereocenters. The number of aromatic nitrogens is 2. The number of nitrogens with zero attached hydrogens (tertiary/aromatic N) is 3. The van der Waals surface area contributed by atoms with E-state index in [-0.39, 0.29) is 22.9 Å². The van der Waals surface area contributed by atoms with Gasteiger partial charge in [0, 0.05) is 36.4 Å². The number of rotatable bonds is 7. The monoisotopic (exact) mass is 474 g/mol. The van der Waals surface area contributed by atoms with Crippen molar-refractivity contribution in [1.29, 1.82) is 0 Å². The predicted octanol–water partition coefficient (Wildman–Crippen LogP) is 2.42. The van der Waals surface area contributed by atoms with Gasteiger partial charge in [-0.25, -0.2) is 13.4 Å². The lowest BCUT2D eigenvalue weighted by molar-refractivity contribution is -0.115. The van der Waals surface area contributed by atoms with Gasteiger partial charge in [-0.1, -0.05) is 0 Å². The van der Waals surface area contributed by atoms with Crippen molar-refractivity contribution in [2.45, 2.75) is 11.3 Å². The molecule has 9 nitrogen and oxygen atoms in total. The Morgan fingerprint density at radius 1 is 1.28 bits per heavy atom. The summed E-state index contributed by atoms with van der Waals surface area (Å²) in [6, 6.07) is 8.16. The Bertz CT molecular complexity index is 1190. The Kier molecular flexibility index (Phi) is 6.80. The van der Waals surface area contributed by atoms with Crippen LogP contribution >= 0.6 is 11.3 Å². The summed E-state index contributed by atoms with van der Waals surface area (Å²) in [6.45, 7) is 1.29. The molecule has 1 N–H and O–H groups in total. The molecule has 1 saturated heterocycles. The minimum absolute atomic E-state index is 0.0420.